The highest BCUT2D eigenvalue weighted by molar-refractivity contribution is 6.06. The van der Waals surface area contributed by atoms with Gasteiger partial charge in [0.1, 0.15) is 0 Å². The van der Waals surface area contributed by atoms with Crippen molar-refractivity contribution < 1.29 is 9.59 Å². The molecule has 3 aromatic carbocycles. The fraction of sp³-hybridized carbons (Fsp3) is 0.0833. The molecule has 134 valence electrons. The molecular formula is C24H16N2O2. The van der Waals surface area contributed by atoms with E-state index < -0.39 is 5.92 Å². The Bertz CT molecular complexity index is 1070. The van der Waals surface area contributed by atoms with Crippen LogP contribution in [0, 0.1) is 22.7 Å². The number of rotatable bonds is 6. The summed E-state index contributed by atoms with van der Waals surface area (Å²) in [6.07, 6.45) is 0.0226. The van der Waals surface area contributed by atoms with Gasteiger partial charge in [-0.25, -0.2) is 0 Å². The third-order valence-electron chi connectivity index (χ3n) is 4.54. The molecule has 0 bridgehead atoms. The number of benzene rings is 3. The fourth-order valence-electron chi connectivity index (χ4n) is 2.99. The van der Waals surface area contributed by atoms with E-state index in [0.29, 0.717) is 27.8 Å². The minimum absolute atomic E-state index is 0.0226. The molecule has 0 aliphatic heterocycles. The first kappa shape index (κ1) is 18.8. The number of nitrogens with zero attached hydrogens (tertiary/aromatic N) is 2. The summed E-state index contributed by atoms with van der Waals surface area (Å²) in [7, 11) is 0. The van der Waals surface area contributed by atoms with Crippen LogP contribution < -0.4 is 0 Å². The van der Waals surface area contributed by atoms with Crippen LogP contribution in [0.15, 0.2) is 78.9 Å². The Morgan fingerprint density at radius 2 is 1.25 bits per heavy atom. The van der Waals surface area contributed by atoms with E-state index in [-0.39, 0.29) is 18.0 Å². The van der Waals surface area contributed by atoms with E-state index in [4.69, 9.17) is 10.5 Å². The van der Waals surface area contributed by atoms with Crippen molar-refractivity contribution in [3.63, 3.8) is 0 Å². The van der Waals surface area contributed by atoms with Crippen molar-refractivity contribution >= 4 is 11.6 Å². The van der Waals surface area contributed by atoms with Gasteiger partial charge in [0.25, 0.3) is 0 Å². The number of carbonyl (C=O) groups is 2. The smallest absolute Gasteiger partial charge is 0.170 e. The monoisotopic (exact) mass is 364 g/mol. The molecular weight excluding hydrogens is 348 g/mol. The van der Waals surface area contributed by atoms with E-state index in [1.165, 1.54) is 0 Å². The van der Waals surface area contributed by atoms with Crippen LogP contribution in [0.4, 0.5) is 0 Å². The predicted octanol–water partition coefficient (Wildman–Crippen LogP) is 4.67. The van der Waals surface area contributed by atoms with Gasteiger partial charge in [0, 0.05) is 17.5 Å². The summed E-state index contributed by atoms with van der Waals surface area (Å²) in [4.78, 5) is 25.9. The molecule has 0 amide bonds. The van der Waals surface area contributed by atoms with Gasteiger partial charge in [-0.05, 0) is 29.8 Å². The van der Waals surface area contributed by atoms with Crippen LogP contribution in [-0.4, -0.2) is 11.6 Å². The first-order valence-corrected chi connectivity index (χ1v) is 8.75. The van der Waals surface area contributed by atoms with Gasteiger partial charge in [-0.15, -0.1) is 0 Å². The Balaban J connectivity index is 1.95. The van der Waals surface area contributed by atoms with Crippen LogP contribution in [0.3, 0.4) is 0 Å². The molecule has 0 radical (unpaired) electrons. The molecule has 1 atom stereocenters. The maximum absolute atomic E-state index is 13.2. The molecule has 3 rings (SSSR count). The molecule has 0 fully saturated rings. The van der Waals surface area contributed by atoms with Gasteiger partial charge in [-0.3, -0.25) is 9.59 Å². The minimum Gasteiger partial charge on any atom is -0.294 e. The van der Waals surface area contributed by atoms with Crippen LogP contribution in [0.1, 0.15) is 49.7 Å². The molecule has 4 heteroatoms. The van der Waals surface area contributed by atoms with Crippen LogP contribution in [0.5, 0.6) is 0 Å². The van der Waals surface area contributed by atoms with Gasteiger partial charge in [0.15, 0.2) is 11.6 Å². The molecule has 0 aliphatic rings. The lowest BCUT2D eigenvalue weighted by Crippen LogP contribution is -2.17. The van der Waals surface area contributed by atoms with E-state index in [1.807, 2.05) is 12.1 Å². The van der Waals surface area contributed by atoms with E-state index in [2.05, 4.69) is 6.07 Å². The molecule has 0 aliphatic carbocycles. The highest BCUT2D eigenvalue weighted by Gasteiger charge is 2.25. The summed E-state index contributed by atoms with van der Waals surface area (Å²) in [5.41, 5.74) is 2.62. The van der Waals surface area contributed by atoms with E-state index in [1.54, 1.807) is 72.8 Å². The Morgan fingerprint density at radius 3 is 1.79 bits per heavy atom. The summed E-state index contributed by atoms with van der Waals surface area (Å²) < 4.78 is 0. The SMILES string of the molecule is N#Cc1ccc(C(=O)C(CC(=O)c2ccccc2)c2ccc(C#N)cc2)cc1. The summed E-state index contributed by atoms with van der Waals surface area (Å²) in [6.45, 7) is 0. The molecule has 1 unspecified atom stereocenters. The van der Waals surface area contributed by atoms with Gasteiger partial charge < -0.3 is 0 Å². The summed E-state index contributed by atoms with van der Waals surface area (Å²) in [6, 6.07) is 26.0. The number of Topliss-reactive ketones (excluding diaryl/α,β-unsaturated/α-hetero) is 2. The van der Waals surface area contributed by atoms with Crippen LogP contribution in [-0.2, 0) is 0 Å². The molecule has 28 heavy (non-hydrogen) atoms. The standard InChI is InChI=1S/C24H16N2O2/c25-15-17-6-10-19(11-7-17)22(14-23(27)20-4-2-1-3-5-20)24(28)21-12-8-18(16-26)9-13-21/h1-13,22H,14H2. The van der Waals surface area contributed by atoms with Crippen LogP contribution in [0.2, 0.25) is 0 Å². The maximum atomic E-state index is 13.2. The van der Waals surface area contributed by atoms with Crippen molar-refractivity contribution in [3.05, 3.63) is 107 Å². The summed E-state index contributed by atoms with van der Waals surface area (Å²) in [5.74, 6) is -0.996. The number of nitriles is 2. The van der Waals surface area contributed by atoms with Gasteiger partial charge in [-0.2, -0.15) is 10.5 Å². The molecule has 3 aromatic rings. The summed E-state index contributed by atoms with van der Waals surface area (Å²) in [5, 5.41) is 17.9. The lowest BCUT2D eigenvalue weighted by molar-refractivity contribution is 0.0893. The lowest BCUT2D eigenvalue weighted by Gasteiger charge is -2.16. The Hall–Kier alpha value is -4.02. The quantitative estimate of drug-likeness (QED) is 0.595. The molecule has 0 spiro atoms. The first-order valence-electron chi connectivity index (χ1n) is 8.75. The summed E-state index contributed by atoms with van der Waals surface area (Å²) >= 11 is 0. The van der Waals surface area contributed by atoms with Crippen LogP contribution >= 0.6 is 0 Å². The van der Waals surface area contributed by atoms with Gasteiger partial charge in [-0.1, -0.05) is 54.6 Å². The average Bonchev–Trinajstić information content (AvgIpc) is 2.77. The fourth-order valence-corrected chi connectivity index (χ4v) is 2.99. The minimum atomic E-state index is -0.673. The van der Waals surface area contributed by atoms with Crippen LogP contribution in [0.25, 0.3) is 0 Å². The topological polar surface area (TPSA) is 81.7 Å². The molecule has 0 saturated heterocycles. The van der Waals surface area contributed by atoms with E-state index >= 15 is 0 Å². The van der Waals surface area contributed by atoms with Crippen molar-refractivity contribution in [1.82, 2.24) is 0 Å². The third kappa shape index (κ3) is 4.20. The Kier molecular flexibility index (Phi) is 5.75. The zero-order chi connectivity index (χ0) is 19.9. The zero-order valence-corrected chi connectivity index (χ0v) is 15.0. The van der Waals surface area contributed by atoms with Crippen molar-refractivity contribution in [2.24, 2.45) is 0 Å². The van der Waals surface area contributed by atoms with Gasteiger partial charge in [0.2, 0.25) is 0 Å². The predicted molar refractivity (Wildman–Crippen MR) is 105 cm³/mol. The zero-order valence-electron chi connectivity index (χ0n) is 15.0. The molecule has 0 heterocycles. The lowest BCUT2D eigenvalue weighted by atomic mass is 9.85. The largest absolute Gasteiger partial charge is 0.294 e. The van der Waals surface area contributed by atoms with Crippen molar-refractivity contribution in [2.45, 2.75) is 12.3 Å². The molecule has 4 nitrogen and oxygen atoms in total. The Labute approximate surface area is 163 Å². The van der Waals surface area contributed by atoms with E-state index in [9.17, 15) is 9.59 Å². The van der Waals surface area contributed by atoms with Gasteiger partial charge >= 0.3 is 0 Å². The first-order chi connectivity index (χ1) is 13.6. The number of ketones is 2. The number of carbonyl (C=O) groups excluding carboxylic acids is 2. The third-order valence-corrected chi connectivity index (χ3v) is 4.54. The number of hydrogen-bond acceptors (Lipinski definition) is 4. The second kappa shape index (κ2) is 8.58. The highest BCUT2D eigenvalue weighted by Crippen LogP contribution is 2.27. The average molecular weight is 364 g/mol. The van der Waals surface area contributed by atoms with Crippen molar-refractivity contribution in [3.8, 4) is 12.1 Å². The van der Waals surface area contributed by atoms with Crippen molar-refractivity contribution in [2.75, 3.05) is 0 Å². The maximum Gasteiger partial charge on any atom is 0.170 e. The van der Waals surface area contributed by atoms with Gasteiger partial charge in [0.05, 0.1) is 29.2 Å². The molecule has 0 aromatic heterocycles. The highest BCUT2D eigenvalue weighted by atomic mass is 16.1. The van der Waals surface area contributed by atoms with Crippen molar-refractivity contribution in [1.29, 1.82) is 10.5 Å². The second-order valence-corrected chi connectivity index (χ2v) is 6.33. The molecule has 0 N–H and O–H groups in total. The molecule has 0 saturated carbocycles. The Morgan fingerprint density at radius 1 is 0.714 bits per heavy atom. The number of hydrogen-bond donors (Lipinski definition) is 0. The normalized spacial score (nSPS) is 11.1. The van der Waals surface area contributed by atoms with E-state index in [0.717, 1.165) is 0 Å². The second-order valence-electron chi connectivity index (χ2n) is 6.33.